The number of anilines is 2. The predicted octanol–water partition coefficient (Wildman–Crippen LogP) is 4.28. The quantitative estimate of drug-likeness (QED) is 0.686. The predicted molar refractivity (Wildman–Crippen MR) is 90.4 cm³/mol. The number of hydrogen-bond donors (Lipinski definition) is 2. The lowest BCUT2D eigenvalue weighted by atomic mass is 10.2. The van der Waals surface area contributed by atoms with Crippen LogP contribution in [0.2, 0.25) is 10.0 Å². The number of nitrogens with zero attached hydrogens (tertiary/aromatic N) is 2. The highest BCUT2D eigenvalue weighted by molar-refractivity contribution is 6.36. The summed E-state index contributed by atoms with van der Waals surface area (Å²) < 4.78 is 44.6. The van der Waals surface area contributed by atoms with E-state index in [1.165, 1.54) is 19.2 Å². The second kappa shape index (κ2) is 8.66. The van der Waals surface area contributed by atoms with Crippen molar-refractivity contribution in [2.45, 2.75) is 12.7 Å². The molecule has 0 spiro atoms. The van der Waals surface area contributed by atoms with E-state index in [4.69, 9.17) is 27.9 Å². The van der Waals surface area contributed by atoms with Crippen LogP contribution in [0.25, 0.3) is 0 Å². The smallest absolute Gasteiger partial charge is 0.383 e. The van der Waals surface area contributed by atoms with Gasteiger partial charge in [-0.2, -0.15) is 13.2 Å². The summed E-state index contributed by atoms with van der Waals surface area (Å²) in [6.07, 6.45) is -3.48. The van der Waals surface area contributed by atoms with E-state index in [0.29, 0.717) is 23.9 Å². The van der Waals surface area contributed by atoms with Crippen molar-refractivity contribution in [3.8, 4) is 0 Å². The maximum Gasteiger partial charge on any atom is 0.433 e. The van der Waals surface area contributed by atoms with Crippen LogP contribution in [0.4, 0.5) is 24.8 Å². The highest BCUT2D eigenvalue weighted by Gasteiger charge is 2.36. The Morgan fingerprint density at radius 2 is 2.00 bits per heavy atom. The molecule has 0 unspecified atom stereocenters. The van der Waals surface area contributed by atoms with Gasteiger partial charge in [0.15, 0.2) is 5.69 Å². The summed E-state index contributed by atoms with van der Waals surface area (Å²) in [5.74, 6) is -0.211. The molecular formula is C15H15Cl2F3N4O. The first-order valence-electron chi connectivity index (χ1n) is 7.16. The van der Waals surface area contributed by atoms with Gasteiger partial charge < -0.3 is 15.4 Å². The van der Waals surface area contributed by atoms with Gasteiger partial charge in [0.25, 0.3) is 0 Å². The normalized spacial score (nSPS) is 11.6. The van der Waals surface area contributed by atoms with Crippen LogP contribution < -0.4 is 10.6 Å². The van der Waals surface area contributed by atoms with E-state index in [2.05, 4.69) is 20.6 Å². The van der Waals surface area contributed by atoms with Crippen molar-refractivity contribution in [1.82, 2.24) is 15.3 Å². The van der Waals surface area contributed by atoms with Crippen LogP contribution in [0.3, 0.4) is 0 Å². The molecule has 0 bridgehead atoms. The molecule has 0 fully saturated rings. The van der Waals surface area contributed by atoms with E-state index in [1.54, 1.807) is 6.07 Å². The number of rotatable bonds is 7. The highest BCUT2D eigenvalue weighted by atomic mass is 35.5. The van der Waals surface area contributed by atoms with E-state index >= 15 is 0 Å². The molecule has 1 aromatic heterocycles. The average Bonchev–Trinajstić information content (AvgIpc) is 2.54. The van der Waals surface area contributed by atoms with Crippen molar-refractivity contribution in [2.75, 3.05) is 25.6 Å². The van der Waals surface area contributed by atoms with Gasteiger partial charge in [0.05, 0.1) is 17.3 Å². The van der Waals surface area contributed by atoms with Gasteiger partial charge in [-0.25, -0.2) is 9.97 Å². The fraction of sp³-hybridized carbons (Fsp3) is 0.333. The van der Waals surface area contributed by atoms with Crippen molar-refractivity contribution in [3.63, 3.8) is 0 Å². The van der Waals surface area contributed by atoms with Crippen LogP contribution in [-0.4, -0.2) is 30.2 Å². The van der Waals surface area contributed by atoms with Crippen LogP contribution >= 0.6 is 23.2 Å². The number of methoxy groups -OCH3 is 1. The number of benzene rings is 1. The molecule has 0 saturated heterocycles. The molecule has 5 nitrogen and oxygen atoms in total. The van der Waals surface area contributed by atoms with Gasteiger partial charge in [-0.1, -0.05) is 23.2 Å². The van der Waals surface area contributed by atoms with Gasteiger partial charge in [0, 0.05) is 37.0 Å². The minimum atomic E-state index is -4.61. The van der Waals surface area contributed by atoms with E-state index in [1.807, 2.05) is 0 Å². The molecule has 1 heterocycles. The molecule has 0 aliphatic rings. The summed E-state index contributed by atoms with van der Waals surface area (Å²) >= 11 is 11.8. The zero-order valence-corrected chi connectivity index (χ0v) is 14.6. The lowest BCUT2D eigenvalue weighted by Gasteiger charge is -2.14. The Labute approximate surface area is 152 Å². The number of ether oxygens (including phenoxy) is 1. The molecule has 2 N–H and O–H groups in total. The van der Waals surface area contributed by atoms with E-state index in [0.717, 1.165) is 6.20 Å². The van der Waals surface area contributed by atoms with E-state index < -0.39 is 11.9 Å². The average molecular weight is 395 g/mol. The molecule has 0 amide bonds. The Morgan fingerprint density at radius 3 is 2.64 bits per heavy atom. The van der Waals surface area contributed by atoms with Crippen molar-refractivity contribution >= 4 is 34.8 Å². The Morgan fingerprint density at radius 1 is 1.24 bits per heavy atom. The third-order valence-electron chi connectivity index (χ3n) is 3.11. The molecule has 0 saturated carbocycles. The molecule has 0 radical (unpaired) electrons. The molecule has 2 aromatic rings. The molecule has 0 aliphatic heterocycles. The number of alkyl halides is 3. The first-order valence-corrected chi connectivity index (χ1v) is 7.91. The number of nitrogens with one attached hydrogen (secondary N) is 2. The van der Waals surface area contributed by atoms with Gasteiger partial charge in [-0.3, -0.25) is 0 Å². The SMILES string of the molecule is COCCNCc1cnc(Nc2ccc(Cl)cc2Cl)nc1C(F)(F)F. The van der Waals surface area contributed by atoms with Crippen LogP contribution in [0, 0.1) is 0 Å². The minimum Gasteiger partial charge on any atom is -0.383 e. The Hall–Kier alpha value is -1.61. The van der Waals surface area contributed by atoms with Crippen molar-refractivity contribution in [2.24, 2.45) is 0 Å². The molecule has 2 rings (SSSR count). The lowest BCUT2D eigenvalue weighted by molar-refractivity contribution is -0.141. The second-order valence-corrected chi connectivity index (χ2v) is 5.83. The van der Waals surface area contributed by atoms with Gasteiger partial charge >= 0.3 is 6.18 Å². The monoisotopic (exact) mass is 394 g/mol. The van der Waals surface area contributed by atoms with Crippen molar-refractivity contribution in [1.29, 1.82) is 0 Å². The Balaban J connectivity index is 2.22. The zero-order chi connectivity index (χ0) is 18.4. The third kappa shape index (κ3) is 5.71. The summed E-state index contributed by atoms with van der Waals surface area (Å²) in [6, 6.07) is 4.54. The summed E-state index contributed by atoms with van der Waals surface area (Å²) in [5, 5.41) is 6.15. The van der Waals surface area contributed by atoms with Crippen molar-refractivity contribution < 1.29 is 17.9 Å². The van der Waals surface area contributed by atoms with Crippen LogP contribution in [0.15, 0.2) is 24.4 Å². The van der Waals surface area contributed by atoms with Crippen LogP contribution in [0.1, 0.15) is 11.3 Å². The molecule has 10 heteroatoms. The minimum absolute atomic E-state index is 0.0276. The maximum atomic E-state index is 13.3. The summed E-state index contributed by atoms with van der Waals surface area (Å²) in [4.78, 5) is 7.52. The number of aromatic nitrogens is 2. The standard InChI is InChI=1S/C15H15Cl2F3N4O/c1-25-5-4-21-7-9-8-22-14(24-13(9)15(18,19)20)23-12-3-2-10(16)6-11(12)17/h2-3,6,8,21H,4-5,7H2,1H3,(H,22,23,24). The van der Waals surface area contributed by atoms with Gasteiger partial charge in [0.2, 0.25) is 5.95 Å². The third-order valence-corrected chi connectivity index (χ3v) is 3.66. The van der Waals surface area contributed by atoms with E-state index in [-0.39, 0.29) is 23.1 Å². The summed E-state index contributed by atoms with van der Waals surface area (Å²) in [5.41, 5.74) is -0.721. The van der Waals surface area contributed by atoms with Gasteiger partial charge in [-0.05, 0) is 18.2 Å². The maximum absolute atomic E-state index is 13.3. The first kappa shape index (κ1) is 19.7. The number of halogens is 5. The molecule has 0 aliphatic carbocycles. The van der Waals surface area contributed by atoms with Crippen LogP contribution in [-0.2, 0) is 17.5 Å². The number of hydrogen-bond acceptors (Lipinski definition) is 5. The topological polar surface area (TPSA) is 59.1 Å². The fourth-order valence-corrected chi connectivity index (χ4v) is 2.41. The Kier molecular flexibility index (Phi) is 6.83. The van der Waals surface area contributed by atoms with Gasteiger partial charge in [-0.15, -0.1) is 0 Å². The second-order valence-electron chi connectivity index (χ2n) is 4.98. The molecular weight excluding hydrogens is 380 g/mol. The Bertz CT molecular complexity index is 728. The molecule has 0 atom stereocenters. The molecule has 25 heavy (non-hydrogen) atoms. The highest BCUT2D eigenvalue weighted by Crippen LogP contribution is 2.32. The van der Waals surface area contributed by atoms with Gasteiger partial charge in [0.1, 0.15) is 0 Å². The fourth-order valence-electron chi connectivity index (χ4n) is 1.95. The van der Waals surface area contributed by atoms with Crippen molar-refractivity contribution in [3.05, 3.63) is 45.7 Å². The lowest BCUT2D eigenvalue weighted by Crippen LogP contribution is -2.22. The molecule has 1 aromatic carbocycles. The summed E-state index contributed by atoms with van der Waals surface area (Å²) in [7, 11) is 1.51. The van der Waals surface area contributed by atoms with Crippen LogP contribution in [0.5, 0.6) is 0 Å². The first-order chi connectivity index (χ1) is 11.8. The summed E-state index contributed by atoms with van der Waals surface area (Å²) in [6.45, 7) is 0.769. The molecule has 136 valence electrons. The zero-order valence-electron chi connectivity index (χ0n) is 13.1. The van der Waals surface area contributed by atoms with E-state index in [9.17, 15) is 13.2 Å². The largest absolute Gasteiger partial charge is 0.433 e.